The summed E-state index contributed by atoms with van der Waals surface area (Å²) in [6.07, 6.45) is 4.80. The monoisotopic (exact) mass is 321 g/mol. The van der Waals surface area contributed by atoms with Crippen molar-refractivity contribution in [3.05, 3.63) is 0 Å². The molecule has 3 aliphatic heterocycles. The molecule has 0 bridgehead atoms. The highest BCUT2D eigenvalue weighted by Gasteiger charge is 2.46. The van der Waals surface area contributed by atoms with Crippen LogP contribution in [0.1, 0.15) is 32.6 Å². The third kappa shape index (κ3) is 3.11. The van der Waals surface area contributed by atoms with Crippen LogP contribution in [0.4, 0.5) is 0 Å². The van der Waals surface area contributed by atoms with Crippen LogP contribution in [0.5, 0.6) is 0 Å². The second kappa shape index (κ2) is 6.06. The molecule has 128 valence electrons. The normalized spacial score (nSPS) is 33.2. The van der Waals surface area contributed by atoms with E-state index < -0.39 is 0 Å². The first kappa shape index (κ1) is 15.4. The van der Waals surface area contributed by atoms with Crippen LogP contribution in [0, 0.1) is 5.92 Å². The van der Waals surface area contributed by atoms with Crippen molar-refractivity contribution in [3.63, 3.8) is 0 Å². The summed E-state index contributed by atoms with van der Waals surface area (Å²) in [6, 6.07) is 0.764. The third-order valence-electron chi connectivity index (χ3n) is 5.98. The van der Waals surface area contributed by atoms with Gasteiger partial charge in [0.05, 0.1) is 12.1 Å². The van der Waals surface area contributed by atoms with Crippen molar-refractivity contribution >= 4 is 11.8 Å². The molecule has 4 fully saturated rings. The largest absolute Gasteiger partial charge is 0.365 e. The summed E-state index contributed by atoms with van der Waals surface area (Å²) in [6.45, 7) is 6.43. The Morgan fingerprint density at radius 1 is 1.17 bits per heavy atom. The van der Waals surface area contributed by atoms with Crippen molar-refractivity contribution < 1.29 is 14.3 Å². The van der Waals surface area contributed by atoms with Crippen LogP contribution in [0.25, 0.3) is 0 Å². The maximum Gasteiger partial charge on any atom is 0.248 e. The van der Waals surface area contributed by atoms with Gasteiger partial charge in [0, 0.05) is 45.7 Å². The Hall–Kier alpha value is -1.14. The van der Waals surface area contributed by atoms with E-state index in [-0.39, 0.29) is 30.6 Å². The molecule has 4 aliphatic rings. The lowest BCUT2D eigenvalue weighted by Crippen LogP contribution is -2.54. The average molecular weight is 321 g/mol. The molecule has 3 heterocycles. The number of hydrogen-bond donors (Lipinski definition) is 0. The molecule has 0 aromatic heterocycles. The van der Waals surface area contributed by atoms with Crippen LogP contribution in [-0.4, -0.2) is 84.0 Å². The van der Waals surface area contributed by atoms with Crippen LogP contribution in [0.3, 0.4) is 0 Å². The van der Waals surface area contributed by atoms with Crippen molar-refractivity contribution in [3.8, 4) is 0 Å². The molecule has 2 atom stereocenters. The van der Waals surface area contributed by atoms with E-state index in [0.717, 1.165) is 51.5 Å². The molecular weight excluding hydrogens is 294 g/mol. The first-order valence-electron chi connectivity index (χ1n) is 9.02. The Morgan fingerprint density at radius 2 is 1.91 bits per heavy atom. The molecule has 4 rings (SSSR count). The number of morpholine rings is 1. The first-order valence-corrected chi connectivity index (χ1v) is 9.02. The van der Waals surface area contributed by atoms with Crippen molar-refractivity contribution in [2.75, 3.05) is 39.3 Å². The van der Waals surface area contributed by atoms with Gasteiger partial charge in [0.15, 0.2) is 0 Å². The molecule has 2 unspecified atom stereocenters. The zero-order valence-electron chi connectivity index (χ0n) is 13.9. The average Bonchev–Trinajstić information content (AvgIpc) is 3.26. The Morgan fingerprint density at radius 3 is 2.57 bits per heavy atom. The highest BCUT2D eigenvalue weighted by atomic mass is 16.5. The van der Waals surface area contributed by atoms with E-state index in [4.69, 9.17) is 4.74 Å². The van der Waals surface area contributed by atoms with Crippen LogP contribution in [0.2, 0.25) is 0 Å². The molecule has 2 amide bonds. The van der Waals surface area contributed by atoms with E-state index in [1.54, 1.807) is 6.92 Å². The minimum Gasteiger partial charge on any atom is -0.365 e. The predicted octanol–water partition coefficient (Wildman–Crippen LogP) is 0.319. The van der Waals surface area contributed by atoms with Crippen molar-refractivity contribution in [1.29, 1.82) is 0 Å². The number of carbonyl (C=O) groups is 2. The van der Waals surface area contributed by atoms with Gasteiger partial charge in [-0.3, -0.25) is 14.5 Å². The fourth-order valence-electron chi connectivity index (χ4n) is 4.35. The van der Waals surface area contributed by atoms with Gasteiger partial charge in [0.1, 0.15) is 6.61 Å². The molecule has 1 aliphatic carbocycles. The molecule has 0 aromatic rings. The Bertz CT molecular complexity index is 485. The van der Waals surface area contributed by atoms with Crippen molar-refractivity contribution in [1.82, 2.24) is 14.7 Å². The van der Waals surface area contributed by atoms with Gasteiger partial charge in [-0.05, 0) is 31.6 Å². The van der Waals surface area contributed by atoms with E-state index >= 15 is 0 Å². The maximum atomic E-state index is 12.2. The van der Waals surface area contributed by atoms with Crippen molar-refractivity contribution in [2.24, 2.45) is 5.92 Å². The number of carbonyl (C=O) groups excluding carboxylic acids is 2. The van der Waals surface area contributed by atoms with Crippen LogP contribution >= 0.6 is 0 Å². The van der Waals surface area contributed by atoms with Gasteiger partial charge in [-0.25, -0.2) is 0 Å². The standard InChI is InChI=1S/C17H27N3O3/c1-12(21)18-6-4-14(5-7-18)19-9-15-16(10-19)23-11-17(22)20(15)8-13-2-3-13/h13-16H,2-11H2,1H3. The molecule has 0 radical (unpaired) electrons. The molecule has 1 saturated carbocycles. The lowest BCUT2D eigenvalue weighted by Gasteiger charge is -2.37. The summed E-state index contributed by atoms with van der Waals surface area (Å²) in [7, 11) is 0. The molecule has 3 saturated heterocycles. The van der Waals surface area contributed by atoms with E-state index in [9.17, 15) is 9.59 Å². The van der Waals surface area contributed by atoms with Gasteiger partial charge in [0.25, 0.3) is 0 Å². The molecule has 0 spiro atoms. The minimum atomic E-state index is 0.173. The highest BCUT2D eigenvalue weighted by Crippen LogP contribution is 2.34. The summed E-state index contributed by atoms with van der Waals surface area (Å²) in [5.74, 6) is 1.08. The van der Waals surface area contributed by atoms with E-state index in [1.165, 1.54) is 12.8 Å². The lowest BCUT2D eigenvalue weighted by molar-refractivity contribution is -0.153. The zero-order chi connectivity index (χ0) is 16.0. The maximum absolute atomic E-state index is 12.2. The molecule has 0 aromatic carbocycles. The van der Waals surface area contributed by atoms with Crippen molar-refractivity contribution in [2.45, 2.75) is 50.8 Å². The SMILES string of the molecule is CC(=O)N1CCC(N2CC3OCC(=O)N(CC4CC4)C3C2)CC1. The summed E-state index contributed by atoms with van der Waals surface area (Å²) >= 11 is 0. The number of nitrogens with zero attached hydrogens (tertiary/aromatic N) is 3. The number of fused-ring (bicyclic) bond motifs is 1. The number of hydrogen-bond acceptors (Lipinski definition) is 4. The van der Waals surface area contributed by atoms with E-state index in [0.29, 0.717) is 6.04 Å². The number of amides is 2. The summed E-state index contributed by atoms with van der Waals surface area (Å²) in [4.78, 5) is 30.3. The van der Waals surface area contributed by atoms with Crippen LogP contribution in [0.15, 0.2) is 0 Å². The molecule has 23 heavy (non-hydrogen) atoms. The van der Waals surface area contributed by atoms with Crippen LogP contribution < -0.4 is 0 Å². The molecular formula is C17H27N3O3. The van der Waals surface area contributed by atoms with Gasteiger partial charge in [0.2, 0.25) is 11.8 Å². The summed E-state index contributed by atoms with van der Waals surface area (Å²) in [5.41, 5.74) is 0. The summed E-state index contributed by atoms with van der Waals surface area (Å²) in [5, 5.41) is 0. The quantitative estimate of drug-likeness (QED) is 0.751. The second-order valence-corrected chi connectivity index (χ2v) is 7.60. The predicted molar refractivity (Wildman–Crippen MR) is 84.8 cm³/mol. The lowest BCUT2D eigenvalue weighted by atomic mass is 10.0. The third-order valence-corrected chi connectivity index (χ3v) is 5.98. The van der Waals surface area contributed by atoms with Gasteiger partial charge in [-0.2, -0.15) is 0 Å². The second-order valence-electron chi connectivity index (χ2n) is 7.60. The number of rotatable bonds is 3. The Kier molecular flexibility index (Phi) is 4.05. The highest BCUT2D eigenvalue weighted by molar-refractivity contribution is 5.78. The fourth-order valence-corrected chi connectivity index (χ4v) is 4.35. The first-order chi connectivity index (χ1) is 11.1. The molecule has 6 heteroatoms. The number of piperidine rings is 1. The Labute approximate surface area is 137 Å². The minimum absolute atomic E-state index is 0.173. The molecule has 6 nitrogen and oxygen atoms in total. The van der Waals surface area contributed by atoms with Gasteiger partial charge < -0.3 is 14.5 Å². The van der Waals surface area contributed by atoms with Gasteiger partial charge >= 0.3 is 0 Å². The van der Waals surface area contributed by atoms with Gasteiger partial charge in [-0.15, -0.1) is 0 Å². The number of ether oxygens (including phenoxy) is 1. The topological polar surface area (TPSA) is 53.1 Å². The number of likely N-dealkylation sites (tertiary alicyclic amines) is 2. The van der Waals surface area contributed by atoms with E-state index in [1.807, 2.05) is 4.90 Å². The fraction of sp³-hybridized carbons (Fsp3) is 0.882. The van der Waals surface area contributed by atoms with Gasteiger partial charge in [-0.1, -0.05) is 0 Å². The smallest absolute Gasteiger partial charge is 0.248 e. The zero-order valence-corrected chi connectivity index (χ0v) is 13.9. The van der Waals surface area contributed by atoms with E-state index in [2.05, 4.69) is 9.80 Å². The molecule has 0 N–H and O–H groups in total. The summed E-state index contributed by atoms with van der Waals surface area (Å²) < 4.78 is 5.83. The van der Waals surface area contributed by atoms with Crippen LogP contribution in [-0.2, 0) is 14.3 Å². The Balaban J connectivity index is 1.37.